The van der Waals surface area contributed by atoms with E-state index >= 15 is 0 Å². The Morgan fingerprint density at radius 3 is 2.45 bits per heavy atom. The van der Waals surface area contributed by atoms with Gasteiger partial charge in [-0.25, -0.2) is 9.18 Å². The summed E-state index contributed by atoms with van der Waals surface area (Å²) in [5, 5.41) is 2.74. The minimum absolute atomic E-state index is 0.100. The molecule has 2 aromatic carbocycles. The number of benzene rings is 2. The molecule has 4 heteroatoms. The highest BCUT2D eigenvalue weighted by atomic mass is 19.1. The first kappa shape index (κ1) is 14.1. The van der Waals surface area contributed by atoms with Crippen LogP contribution in [0.5, 0.6) is 5.75 Å². The van der Waals surface area contributed by atoms with E-state index in [9.17, 15) is 9.18 Å². The normalized spacial score (nSPS) is 11.7. The Bertz CT molecular complexity index is 554. The summed E-state index contributed by atoms with van der Waals surface area (Å²) in [4.78, 5) is 11.7. The van der Waals surface area contributed by atoms with E-state index in [0.717, 1.165) is 5.56 Å². The molecular formula is C16H16FNO2. The molecule has 0 bridgehead atoms. The van der Waals surface area contributed by atoms with Gasteiger partial charge in [0.25, 0.3) is 0 Å². The van der Waals surface area contributed by atoms with Crippen LogP contribution in [0.3, 0.4) is 0 Å². The fraction of sp³-hybridized carbons (Fsp3) is 0.188. The van der Waals surface area contributed by atoms with Crippen molar-refractivity contribution in [2.24, 2.45) is 0 Å². The Morgan fingerprint density at radius 2 is 1.80 bits per heavy atom. The lowest BCUT2D eigenvalue weighted by Crippen LogP contribution is -2.36. The number of nitrogens with one attached hydrogen (secondary N) is 1. The number of hydrogen-bond donors (Lipinski definition) is 1. The van der Waals surface area contributed by atoms with Crippen molar-refractivity contribution >= 4 is 6.09 Å². The van der Waals surface area contributed by atoms with Crippen molar-refractivity contribution in [1.29, 1.82) is 0 Å². The Kier molecular flexibility index (Phi) is 4.71. The average Bonchev–Trinajstić information content (AvgIpc) is 2.42. The molecule has 0 saturated carbocycles. The number of para-hydroxylation sites is 1. The second-order valence-electron chi connectivity index (χ2n) is 4.58. The summed E-state index contributed by atoms with van der Waals surface area (Å²) in [6.45, 7) is 1.87. The highest BCUT2D eigenvalue weighted by molar-refractivity contribution is 5.70. The molecule has 0 fully saturated rings. The Morgan fingerprint density at radius 1 is 1.15 bits per heavy atom. The molecular weight excluding hydrogens is 257 g/mol. The maximum atomic E-state index is 12.8. The Labute approximate surface area is 117 Å². The SMILES string of the molecule is CC(Cc1ccc(F)cc1)NC(=O)Oc1ccccc1. The molecule has 3 nitrogen and oxygen atoms in total. The number of halogens is 1. The third kappa shape index (κ3) is 4.39. The molecule has 0 radical (unpaired) electrons. The van der Waals surface area contributed by atoms with Crippen molar-refractivity contribution in [2.75, 3.05) is 0 Å². The van der Waals surface area contributed by atoms with Crippen molar-refractivity contribution in [3.05, 3.63) is 66.0 Å². The topological polar surface area (TPSA) is 38.3 Å². The lowest BCUT2D eigenvalue weighted by molar-refractivity contribution is 0.197. The van der Waals surface area contributed by atoms with Gasteiger partial charge in [-0.15, -0.1) is 0 Å². The van der Waals surface area contributed by atoms with Crippen LogP contribution in [0.1, 0.15) is 12.5 Å². The average molecular weight is 273 g/mol. The fourth-order valence-electron chi connectivity index (χ4n) is 1.85. The van der Waals surface area contributed by atoms with Gasteiger partial charge in [0, 0.05) is 6.04 Å². The van der Waals surface area contributed by atoms with Gasteiger partial charge >= 0.3 is 6.09 Å². The summed E-state index contributed by atoms with van der Waals surface area (Å²) in [6.07, 6.45) is 0.121. The molecule has 1 unspecified atom stereocenters. The summed E-state index contributed by atoms with van der Waals surface area (Å²) in [6, 6.07) is 15.0. The second kappa shape index (κ2) is 6.70. The molecule has 104 valence electrons. The maximum absolute atomic E-state index is 12.8. The molecule has 0 heterocycles. The van der Waals surface area contributed by atoms with Gasteiger partial charge in [0.05, 0.1) is 0 Å². The first-order valence-corrected chi connectivity index (χ1v) is 6.41. The van der Waals surface area contributed by atoms with Crippen LogP contribution in [-0.4, -0.2) is 12.1 Å². The molecule has 1 N–H and O–H groups in total. The van der Waals surface area contributed by atoms with Crippen LogP contribution >= 0.6 is 0 Å². The summed E-state index contributed by atoms with van der Waals surface area (Å²) < 4.78 is 17.9. The van der Waals surface area contributed by atoms with E-state index in [-0.39, 0.29) is 11.9 Å². The molecule has 20 heavy (non-hydrogen) atoms. The highest BCUT2D eigenvalue weighted by Gasteiger charge is 2.09. The fourth-order valence-corrected chi connectivity index (χ4v) is 1.85. The van der Waals surface area contributed by atoms with Crippen molar-refractivity contribution in [3.63, 3.8) is 0 Å². The van der Waals surface area contributed by atoms with E-state index in [2.05, 4.69) is 5.32 Å². The first-order chi connectivity index (χ1) is 9.63. The molecule has 0 saturated heterocycles. The van der Waals surface area contributed by atoms with Crippen LogP contribution in [0.4, 0.5) is 9.18 Å². The van der Waals surface area contributed by atoms with Crippen molar-refractivity contribution in [2.45, 2.75) is 19.4 Å². The zero-order valence-corrected chi connectivity index (χ0v) is 11.2. The third-order valence-corrected chi connectivity index (χ3v) is 2.77. The highest BCUT2D eigenvalue weighted by Crippen LogP contribution is 2.09. The van der Waals surface area contributed by atoms with Crippen LogP contribution < -0.4 is 10.1 Å². The Hall–Kier alpha value is -2.36. The minimum Gasteiger partial charge on any atom is -0.410 e. The minimum atomic E-state index is -0.495. The monoisotopic (exact) mass is 273 g/mol. The van der Waals surface area contributed by atoms with Crippen molar-refractivity contribution in [1.82, 2.24) is 5.32 Å². The van der Waals surface area contributed by atoms with Crippen LogP contribution in [-0.2, 0) is 6.42 Å². The van der Waals surface area contributed by atoms with E-state index in [1.54, 1.807) is 36.4 Å². The zero-order chi connectivity index (χ0) is 14.4. The van der Waals surface area contributed by atoms with Crippen LogP contribution in [0.15, 0.2) is 54.6 Å². The maximum Gasteiger partial charge on any atom is 0.412 e. The summed E-state index contributed by atoms with van der Waals surface area (Å²) in [5.41, 5.74) is 0.957. The predicted octanol–water partition coefficient (Wildman–Crippen LogP) is 3.55. The standard InChI is InChI=1S/C16H16FNO2/c1-12(11-13-7-9-14(17)10-8-13)18-16(19)20-15-5-3-2-4-6-15/h2-10,12H,11H2,1H3,(H,18,19). The third-order valence-electron chi connectivity index (χ3n) is 2.77. The molecule has 0 aliphatic rings. The van der Waals surface area contributed by atoms with Crippen molar-refractivity contribution < 1.29 is 13.9 Å². The predicted molar refractivity (Wildman–Crippen MR) is 75.2 cm³/mol. The number of carbonyl (C=O) groups excluding carboxylic acids is 1. The van der Waals surface area contributed by atoms with Crippen LogP contribution in [0, 0.1) is 5.82 Å². The zero-order valence-electron chi connectivity index (χ0n) is 11.2. The molecule has 0 aliphatic carbocycles. The van der Waals surface area contributed by atoms with Gasteiger partial charge in [0.2, 0.25) is 0 Å². The number of amides is 1. The number of carbonyl (C=O) groups is 1. The molecule has 0 aliphatic heterocycles. The van der Waals surface area contributed by atoms with Gasteiger partial charge in [-0.3, -0.25) is 0 Å². The largest absolute Gasteiger partial charge is 0.412 e. The summed E-state index contributed by atoms with van der Waals surface area (Å²) in [5.74, 6) is 0.233. The number of hydrogen-bond acceptors (Lipinski definition) is 2. The van der Waals surface area contributed by atoms with E-state index in [1.165, 1.54) is 12.1 Å². The quantitative estimate of drug-likeness (QED) is 0.925. The molecule has 1 amide bonds. The van der Waals surface area contributed by atoms with E-state index in [1.807, 2.05) is 13.0 Å². The van der Waals surface area contributed by atoms with Gasteiger partial charge in [-0.05, 0) is 43.2 Å². The van der Waals surface area contributed by atoms with Crippen LogP contribution in [0.25, 0.3) is 0 Å². The molecule has 1 atom stereocenters. The van der Waals surface area contributed by atoms with Gasteiger partial charge in [0.1, 0.15) is 11.6 Å². The van der Waals surface area contributed by atoms with E-state index < -0.39 is 6.09 Å². The summed E-state index contributed by atoms with van der Waals surface area (Å²) in [7, 11) is 0. The Balaban J connectivity index is 1.83. The second-order valence-corrected chi connectivity index (χ2v) is 4.58. The molecule has 2 rings (SSSR count). The van der Waals surface area contributed by atoms with Gasteiger partial charge in [-0.2, -0.15) is 0 Å². The van der Waals surface area contributed by atoms with E-state index in [4.69, 9.17) is 4.74 Å². The lowest BCUT2D eigenvalue weighted by Gasteiger charge is -2.14. The first-order valence-electron chi connectivity index (χ1n) is 6.41. The smallest absolute Gasteiger partial charge is 0.410 e. The number of ether oxygens (including phenoxy) is 1. The van der Waals surface area contributed by atoms with Crippen LogP contribution in [0.2, 0.25) is 0 Å². The van der Waals surface area contributed by atoms with Crippen molar-refractivity contribution in [3.8, 4) is 5.75 Å². The summed E-state index contributed by atoms with van der Waals surface area (Å²) >= 11 is 0. The lowest BCUT2D eigenvalue weighted by atomic mass is 10.1. The molecule has 2 aromatic rings. The molecule has 0 spiro atoms. The van der Waals surface area contributed by atoms with E-state index in [0.29, 0.717) is 12.2 Å². The van der Waals surface area contributed by atoms with Gasteiger partial charge in [-0.1, -0.05) is 30.3 Å². The van der Waals surface area contributed by atoms with Gasteiger partial charge in [0.15, 0.2) is 0 Å². The molecule has 0 aromatic heterocycles. The van der Waals surface area contributed by atoms with Gasteiger partial charge < -0.3 is 10.1 Å². The number of rotatable bonds is 4.